The molecule has 0 radical (unpaired) electrons. The molecule has 0 unspecified atom stereocenters. The van der Waals surface area contributed by atoms with Crippen LogP contribution in [-0.2, 0) is 6.42 Å². The Kier molecular flexibility index (Phi) is 6.49. The van der Waals surface area contributed by atoms with Gasteiger partial charge in [-0.3, -0.25) is 4.98 Å². The van der Waals surface area contributed by atoms with Crippen LogP contribution < -0.4 is 0 Å². The van der Waals surface area contributed by atoms with Gasteiger partial charge in [-0.05, 0) is 137 Å². The fraction of sp³-hybridized carbons (Fsp3) is 0.0377. The molecular formula is C53H33NO. The van der Waals surface area contributed by atoms with Crippen LogP contribution in [0.5, 0.6) is 0 Å². The van der Waals surface area contributed by atoms with Crippen molar-refractivity contribution in [3.8, 4) is 33.5 Å². The molecule has 0 bridgehead atoms. The lowest BCUT2D eigenvalue weighted by atomic mass is 9.85. The van der Waals surface area contributed by atoms with Gasteiger partial charge in [-0.25, -0.2) is 0 Å². The largest absolute Gasteiger partial charge is 0.456 e. The summed E-state index contributed by atoms with van der Waals surface area (Å²) in [7, 11) is 0. The zero-order valence-corrected chi connectivity index (χ0v) is 30.0. The van der Waals surface area contributed by atoms with Crippen LogP contribution >= 0.6 is 0 Å². The second-order valence-electron chi connectivity index (χ2n) is 14.9. The van der Waals surface area contributed by atoms with Crippen LogP contribution in [0.1, 0.15) is 17.5 Å². The van der Waals surface area contributed by atoms with E-state index in [0.29, 0.717) is 0 Å². The topological polar surface area (TPSA) is 26.0 Å². The van der Waals surface area contributed by atoms with Gasteiger partial charge >= 0.3 is 0 Å². The van der Waals surface area contributed by atoms with Gasteiger partial charge in [0.1, 0.15) is 11.2 Å². The average Bonchev–Trinajstić information content (AvgIpc) is 3.61. The molecule has 0 spiro atoms. The molecule has 9 aromatic carbocycles. The predicted octanol–water partition coefficient (Wildman–Crippen LogP) is 14.7. The first-order chi connectivity index (χ1) is 27.3. The van der Waals surface area contributed by atoms with Gasteiger partial charge in [-0.15, -0.1) is 0 Å². The lowest BCUT2D eigenvalue weighted by molar-refractivity contribution is 0.668. The molecule has 0 saturated heterocycles. The standard InChI is InChI=1S/C53H33NO/c1-2-12-33-30-51-48(27-32(33)11-1)47-28-34(23-26-50(47)55-51)49-25-22-36(31-54-49)53-44-19-9-7-17-42(44)52(43-18-8-10-20-45(43)53)35-21-24-41-39-15-4-3-13-37(39)38-14-5-6-16-40(38)46(41)29-35/h2-10,12-31H,1,11H2. The molecule has 1 aliphatic carbocycles. The Balaban J connectivity index is 1.02. The van der Waals surface area contributed by atoms with Gasteiger partial charge in [-0.2, -0.15) is 0 Å². The van der Waals surface area contributed by atoms with E-state index < -0.39 is 0 Å². The summed E-state index contributed by atoms with van der Waals surface area (Å²) in [5.41, 5.74) is 11.3. The molecule has 0 amide bonds. The van der Waals surface area contributed by atoms with Crippen LogP contribution in [0.25, 0.3) is 115 Å². The van der Waals surface area contributed by atoms with Gasteiger partial charge in [0.15, 0.2) is 0 Å². The minimum atomic E-state index is 0.910. The molecule has 12 rings (SSSR count). The average molecular weight is 700 g/mol. The van der Waals surface area contributed by atoms with Crippen LogP contribution in [0.4, 0.5) is 0 Å². The molecule has 256 valence electrons. The third kappa shape index (κ3) is 4.58. The highest BCUT2D eigenvalue weighted by atomic mass is 16.3. The second-order valence-corrected chi connectivity index (χ2v) is 14.9. The predicted molar refractivity (Wildman–Crippen MR) is 233 cm³/mol. The number of hydrogen-bond donors (Lipinski definition) is 0. The van der Waals surface area contributed by atoms with Crippen LogP contribution in [0.3, 0.4) is 0 Å². The summed E-state index contributed by atoms with van der Waals surface area (Å²) in [6, 6.07) is 57.8. The van der Waals surface area contributed by atoms with E-state index in [1.54, 1.807) is 0 Å². The van der Waals surface area contributed by atoms with Crippen molar-refractivity contribution in [2.75, 3.05) is 0 Å². The number of hydrogen-bond acceptors (Lipinski definition) is 2. The lowest BCUT2D eigenvalue weighted by Gasteiger charge is -2.18. The maximum atomic E-state index is 6.31. The Morgan fingerprint density at radius 2 is 0.927 bits per heavy atom. The summed E-state index contributed by atoms with van der Waals surface area (Å²) in [5, 5.41) is 14.9. The first-order valence-electron chi connectivity index (χ1n) is 19.2. The minimum absolute atomic E-state index is 0.910. The lowest BCUT2D eigenvalue weighted by Crippen LogP contribution is -1.93. The van der Waals surface area contributed by atoms with Crippen molar-refractivity contribution in [3.05, 3.63) is 181 Å². The van der Waals surface area contributed by atoms with Crippen LogP contribution in [0, 0.1) is 0 Å². The Bertz CT molecular complexity index is 3330. The van der Waals surface area contributed by atoms with Crippen molar-refractivity contribution < 1.29 is 4.42 Å². The van der Waals surface area contributed by atoms with E-state index in [1.807, 2.05) is 0 Å². The van der Waals surface area contributed by atoms with E-state index in [1.165, 1.54) is 87.1 Å². The Morgan fingerprint density at radius 3 is 1.56 bits per heavy atom. The van der Waals surface area contributed by atoms with Crippen molar-refractivity contribution in [2.24, 2.45) is 0 Å². The maximum absolute atomic E-state index is 6.31. The van der Waals surface area contributed by atoms with Gasteiger partial charge in [0, 0.05) is 28.1 Å². The molecule has 2 nitrogen and oxygen atoms in total. The van der Waals surface area contributed by atoms with Crippen molar-refractivity contribution in [1.82, 2.24) is 4.98 Å². The van der Waals surface area contributed by atoms with Gasteiger partial charge in [-0.1, -0.05) is 127 Å². The summed E-state index contributed by atoms with van der Waals surface area (Å²) >= 11 is 0. The van der Waals surface area contributed by atoms with Crippen molar-refractivity contribution >= 4 is 81.9 Å². The number of fused-ring (bicyclic) bond motifs is 12. The number of pyridine rings is 1. The van der Waals surface area contributed by atoms with Crippen molar-refractivity contribution in [2.45, 2.75) is 12.8 Å². The van der Waals surface area contributed by atoms with E-state index in [0.717, 1.165) is 46.2 Å². The monoisotopic (exact) mass is 699 g/mol. The first kappa shape index (κ1) is 30.4. The number of furan rings is 1. The van der Waals surface area contributed by atoms with E-state index >= 15 is 0 Å². The highest BCUT2D eigenvalue weighted by Crippen LogP contribution is 2.45. The number of benzene rings is 9. The van der Waals surface area contributed by atoms with Crippen LogP contribution in [0.15, 0.2) is 174 Å². The molecule has 2 heterocycles. The second kappa shape index (κ2) is 11.7. The molecule has 11 aromatic rings. The van der Waals surface area contributed by atoms with Gasteiger partial charge < -0.3 is 4.42 Å². The Morgan fingerprint density at radius 1 is 0.400 bits per heavy atom. The molecule has 2 aromatic heterocycles. The molecule has 0 atom stereocenters. The fourth-order valence-corrected chi connectivity index (χ4v) is 9.39. The van der Waals surface area contributed by atoms with Crippen LogP contribution in [0.2, 0.25) is 0 Å². The number of aromatic nitrogens is 1. The molecule has 55 heavy (non-hydrogen) atoms. The molecule has 0 N–H and O–H groups in total. The summed E-state index contributed by atoms with van der Waals surface area (Å²) in [4.78, 5) is 5.11. The summed E-state index contributed by atoms with van der Waals surface area (Å²) in [6.07, 6.45) is 8.67. The fourth-order valence-electron chi connectivity index (χ4n) is 9.39. The number of nitrogens with zero attached hydrogens (tertiary/aromatic N) is 1. The molecule has 0 aliphatic heterocycles. The number of aryl methyl sites for hydroxylation is 1. The smallest absolute Gasteiger partial charge is 0.136 e. The summed E-state index contributed by atoms with van der Waals surface area (Å²) in [5.74, 6) is 0. The Hall–Kier alpha value is -7.03. The zero-order chi connectivity index (χ0) is 36.0. The molecule has 1 aliphatic rings. The normalized spacial score (nSPS) is 12.9. The van der Waals surface area contributed by atoms with Crippen molar-refractivity contribution in [3.63, 3.8) is 0 Å². The zero-order valence-electron chi connectivity index (χ0n) is 30.0. The van der Waals surface area contributed by atoms with Gasteiger partial charge in [0.25, 0.3) is 0 Å². The van der Waals surface area contributed by atoms with Gasteiger partial charge in [0.2, 0.25) is 0 Å². The van der Waals surface area contributed by atoms with E-state index in [-0.39, 0.29) is 0 Å². The van der Waals surface area contributed by atoms with Crippen LogP contribution in [-0.4, -0.2) is 4.98 Å². The molecule has 0 fully saturated rings. The first-order valence-corrected chi connectivity index (χ1v) is 19.2. The highest BCUT2D eigenvalue weighted by molar-refractivity contribution is 6.27. The third-order valence-corrected chi connectivity index (χ3v) is 11.9. The maximum Gasteiger partial charge on any atom is 0.136 e. The Labute approximate surface area is 317 Å². The molecule has 2 heteroatoms. The molecular weight excluding hydrogens is 667 g/mol. The van der Waals surface area contributed by atoms with E-state index in [9.17, 15) is 0 Å². The number of rotatable bonds is 3. The summed E-state index contributed by atoms with van der Waals surface area (Å²) < 4.78 is 6.31. The van der Waals surface area contributed by atoms with Gasteiger partial charge in [0.05, 0.1) is 5.69 Å². The molecule has 0 saturated carbocycles. The highest BCUT2D eigenvalue weighted by Gasteiger charge is 2.19. The van der Waals surface area contributed by atoms with E-state index in [4.69, 9.17) is 9.40 Å². The minimum Gasteiger partial charge on any atom is -0.456 e. The summed E-state index contributed by atoms with van der Waals surface area (Å²) in [6.45, 7) is 0. The SMILES string of the molecule is C1=Cc2cc3oc4ccc(-c5ccc(-c6c7ccccc7c(-c7ccc8c9ccccc9c9ccccc9c8c7)c7ccccc67)cn5)cc4c3cc2CC1. The third-order valence-electron chi connectivity index (χ3n) is 11.9. The number of allylic oxidation sites excluding steroid dienone is 1. The quantitative estimate of drug-likeness (QED) is 0.136. The van der Waals surface area contributed by atoms with Crippen molar-refractivity contribution in [1.29, 1.82) is 0 Å². The van der Waals surface area contributed by atoms with E-state index in [2.05, 4.69) is 176 Å².